The molecule has 0 saturated carbocycles. The van der Waals surface area contributed by atoms with Gasteiger partial charge in [0, 0.05) is 91.4 Å². The summed E-state index contributed by atoms with van der Waals surface area (Å²) >= 11 is 0. The fraction of sp³-hybridized carbons (Fsp3) is 0.449. The Hall–Kier alpha value is -6.13. The molecule has 13 nitrogen and oxygen atoms in total. The average Bonchev–Trinajstić information content (AvgIpc) is 3.80. The van der Waals surface area contributed by atoms with Crippen molar-refractivity contribution in [1.82, 2.24) is 25.0 Å². The molecule has 4 aromatic rings. The highest BCUT2D eigenvalue weighted by Gasteiger charge is 2.46. The number of carbonyl (C=O) groups is 6. The first-order valence-electron chi connectivity index (χ1n) is 22.3. The summed E-state index contributed by atoms with van der Waals surface area (Å²) in [5, 5.41) is 3.11. The zero-order valence-corrected chi connectivity index (χ0v) is 35.8. The van der Waals surface area contributed by atoms with Crippen LogP contribution in [0.25, 0.3) is 15.7 Å². The van der Waals surface area contributed by atoms with Crippen LogP contribution in [0.3, 0.4) is 0 Å². The number of carbonyl (C=O) groups excluding carboxylic acids is 6. The molecule has 4 aliphatic heterocycles. The number of piperidine rings is 2. The van der Waals surface area contributed by atoms with Crippen LogP contribution in [0.15, 0.2) is 48.5 Å². The Labute approximate surface area is 361 Å². The Bertz CT molecular complexity index is 2590. The number of hydrogen-bond donors (Lipinski definition) is 2. The van der Waals surface area contributed by atoms with Crippen molar-refractivity contribution in [3.8, 4) is 0 Å². The summed E-state index contributed by atoms with van der Waals surface area (Å²) in [6.45, 7) is 19.0. The lowest BCUT2D eigenvalue weighted by Gasteiger charge is -2.44. The third-order valence-corrected chi connectivity index (χ3v) is 14.2. The summed E-state index contributed by atoms with van der Waals surface area (Å²) in [5.74, 6) is -1.78. The van der Waals surface area contributed by atoms with E-state index in [1.807, 2.05) is 23.1 Å². The molecule has 5 aliphatic rings. The van der Waals surface area contributed by atoms with Crippen LogP contribution in [-0.4, -0.2) is 106 Å². The van der Waals surface area contributed by atoms with Gasteiger partial charge in [0.2, 0.25) is 17.7 Å². The number of aromatic nitrogens is 1. The van der Waals surface area contributed by atoms with Crippen LogP contribution < -0.4 is 10.2 Å². The van der Waals surface area contributed by atoms with Crippen LogP contribution in [0.1, 0.15) is 131 Å². The van der Waals surface area contributed by atoms with E-state index in [4.69, 9.17) is 6.57 Å². The highest BCUT2D eigenvalue weighted by atomic mass is 16.2. The van der Waals surface area contributed by atoms with Crippen molar-refractivity contribution in [3.05, 3.63) is 105 Å². The number of imide groups is 2. The van der Waals surface area contributed by atoms with Crippen molar-refractivity contribution in [2.45, 2.75) is 102 Å². The number of anilines is 1. The van der Waals surface area contributed by atoms with Gasteiger partial charge in [-0.3, -0.25) is 43.9 Å². The quantitative estimate of drug-likeness (QED) is 0.105. The van der Waals surface area contributed by atoms with Crippen molar-refractivity contribution < 1.29 is 28.8 Å². The average molecular weight is 836 g/mol. The number of fused-ring (bicyclic) bond motifs is 5. The van der Waals surface area contributed by atoms with E-state index in [-0.39, 0.29) is 24.5 Å². The molecule has 1 aromatic heterocycles. The zero-order chi connectivity index (χ0) is 43.4. The maximum absolute atomic E-state index is 14.1. The Morgan fingerprint density at radius 3 is 2.34 bits per heavy atom. The van der Waals surface area contributed by atoms with Crippen LogP contribution in [0.2, 0.25) is 0 Å². The first-order chi connectivity index (χ1) is 29.9. The number of aromatic amines is 1. The number of ketones is 1. The van der Waals surface area contributed by atoms with Gasteiger partial charge in [-0.15, -0.1) is 0 Å². The predicted molar refractivity (Wildman–Crippen MR) is 235 cm³/mol. The number of nitrogens with one attached hydrogen (secondary N) is 2. The summed E-state index contributed by atoms with van der Waals surface area (Å²) in [4.78, 5) is 93.3. The maximum Gasteiger partial charge on any atom is 0.262 e. The molecular formula is C49H53N7O6. The standard InChI is InChI=1S/C49H53N7O6/c1-5-29-26-35-36(49(2,3)45-43(44(35)59)33-15-14-31(50-4)27-37(33)51-45)28-39(29)54-20-18-32(19-21-54)53-22-24-55(25-23-53)41(58)13-8-6-7-10-30-11-9-12-34-42(30)48(62)56(47(34)61)38-16-17-40(57)52-46(38)60/h9,11-12,14-15,26-28,32,38,51H,5-8,10,13,16-25H2,1-3H3,(H,52,57,60). The second-order valence-electron chi connectivity index (χ2n) is 18.0. The van der Waals surface area contributed by atoms with E-state index < -0.39 is 35.1 Å². The number of H-pyrrole nitrogens is 1. The zero-order valence-electron chi connectivity index (χ0n) is 35.8. The number of benzene rings is 3. The smallest absolute Gasteiger partial charge is 0.262 e. The molecule has 1 aliphatic carbocycles. The SMILES string of the molecule is [C-]#[N+]c1ccc2c3c([nH]c2c1)C(C)(C)c1cc(N2CCC(N4CCN(C(=O)CCCCCc5cccc6c5C(=O)N(C5CCC(=O)NC5=O)C6=O)CC4)CC2)c(CC)cc1C3=O. The number of hydrogen-bond acceptors (Lipinski definition) is 8. The van der Waals surface area contributed by atoms with Crippen molar-refractivity contribution in [2.24, 2.45) is 0 Å². The van der Waals surface area contributed by atoms with Gasteiger partial charge in [-0.25, -0.2) is 4.85 Å². The number of rotatable bonds is 10. The lowest BCUT2D eigenvalue weighted by atomic mass is 9.70. The third-order valence-electron chi connectivity index (χ3n) is 14.2. The second kappa shape index (κ2) is 16.3. The summed E-state index contributed by atoms with van der Waals surface area (Å²) in [5.41, 5.74) is 8.18. The van der Waals surface area contributed by atoms with Gasteiger partial charge in [0.15, 0.2) is 11.5 Å². The minimum Gasteiger partial charge on any atom is -0.371 e. The third kappa shape index (κ3) is 7.08. The summed E-state index contributed by atoms with van der Waals surface area (Å²) in [7, 11) is 0. The highest BCUT2D eigenvalue weighted by Crippen LogP contribution is 2.46. The van der Waals surface area contributed by atoms with Crippen molar-refractivity contribution in [1.29, 1.82) is 0 Å². The van der Waals surface area contributed by atoms with Gasteiger partial charge in [0.25, 0.3) is 11.8 Å². The number of unbranched alkanes of at least 4 members (excludes halogenated alkanes) is 2. The molecule has 2 N–H and O–H groups in total. The predicted octanol–water partition coefficient (Wildman–Crippen LogP) is 6.47. The van der Waals surface area contributed by atoms with Gasteiger partial charge in [-0.2, -0.15) is 0 Å². The molecule has 0 spiro atoms. The van der Waals surface area contributed by atoms with Gasteiger partial charge in [-0.05, 0) is 85.9 Å². The topological polar surface area (TPSA) is 148 Å². The van der Waals surface area contributed by atoms with Crippen LogP contribution in [0.5, 0.6) is 0 Å². The molecule has 9 rings (SSSR count). The van der Waals surface area contributed by atoms with Crippen molar-refractivity contribution in [2.75, 3.05) is 44.2 Å². The van der Waals surface area contributed by atoms with Crippen LogP contribution >= 0.6 is 0 Å². The Morgan fingerprint density at radius 1 is 0.839 bits per heavy atom. The normalized spacial score (nSPS) is 20.3. The monoisotopic (exact) mass is 835 g/mol. The minimum absolute atomic E-state index is 0.0424. The highest BCUT2D eigenvalue weighted by molar-refractivity contribution is 6.24. The Balaban J connectivity index is 0.751. The molecule has 5 heterocycles. The molecular weight excluding hydrogens is 783 g/mol. The molecule has 62 heavy (non-hydrogen) atoms. The van der Waals surface area contributed by atoms with Crippen LogP contribution in [-0.2, 0) is 32.6 Å². The lowest BCUT2D eigenvalue weighted by Crippen LogP contribution is -2.54. The van der Waals surface area contributed by atoms with E-state index in [2.05, 4.69) is 57.8 Å². The first kappa shape index (κ1) is 41.2. The van der Waals surface area contributed by atoms with Gasteiger partial charge in [-0.1, -0.05) is 51.5 Å². The van der Waals surface area contributed by atoms with Gasteiger partial charge < -0.3 is 14.8 Å². The van der Waals surface area contributed by atoms with Crippen LogP contribution in [0, 0.1) is 6.57 Å². The largest absolute Gasteiger partial charge is 0.371 e. The molecule has 0 bridgehead atoms. The lowest BCUT2D eigenvalue weighted by molar-refractivity contribution is -0.136. The summed E-state index contributed by atoms with van der Waals surface area (Å²) in [6.07, 6.45) is 6.45. The fourth-order valence-electron chi connectivity index (χ4n) is 10.7. The molecule has 1 unspecified atom stereocenters. The molecule has 3 saturated heterocycles. The maximum atomic E-state index is 14.1. The van der Waals surface area contributed by atoms with E-state index in [0.717, 1.165) is 122 Å². The summed E-state index contributed by atoms with van der Waals surface area (Å²) < 4.78 is 0. The molecule has 1 atom stereocenters. The number of piperazine rings is 1. The summed E-state index contributed by atoms with van der Waals surface area (Å²) in [6, 6.07) is 14.6. The molecule has 0 radical (unpaired) electrons. The van der Waals surface area contributed by atoms with Crippen LogP contribution in [0.4, 0.5) is 11.4 Å². The van der Waals surface area contributed by atoms with Crippen molar-refractivity contribution in [3.63, 3.8) is 0 Å². The van der Waals surface area contributed by atoms with Crippen molar-refractivity contribution >= 4 is 57.6 Å². The van der Waals surface area contributed by atoms with Gasteiger partial charge >= 0.3 is 0 Å². The molecule has 13 heteroatoms. The molecule has 320 valence electrons. The van der Waals surface area contributed by atoms with E-state index in [9.17, 15) is 28.8 Å². The Morgan fingerprint density at radius 2 is 1.61 bits per heavy atom. The number of aryl methyl sites for hydroxylation is 2. The number of amides is 5. The second-order valence-corrected chi connectivity index (χ2v) is 18.0. The van der Waals surface area contributed by atoms with E-state index >= 15 is 0 Å². The van der Waals surface area contributed by atoms with E-state index in [1.54, 1.807) is 18.2 Å². The van der Waals surface area contributed by atoms with E-state index in [1.165, 1.54) is 11.3 Å². The molecule has 5 amide bonds. The van der Waals surface area contributed by atoms with E-state index in [0.29, 0.717) is 35.7 Å². The minimum atomic E-state index is -0.989. The first-order valence-corrected chi connectivity index (χ1v) is 22.3. The Kier molecular flexibility index (Phi) is 10.8. The van der Waals surface area contributed by atoms with Gasteiger partial charge in [0.1, 0.15) is 6.04 Å². The van der Waals surface area contributed by atoms with Gasteiger partial charge in [0.05, 0.1) is 23.3 Å². The molecule has 3 fully saturated rings. The number of nitrogens with zero attached hydrogens (tertiary/aromatic N) is 5. The molecule has 3 aromatic carbocycles. The fourth-order valence-corrected chi connectivity index (χ4v) is 10.7.